The number of hydrogen-bond donors (Lipinski definition) is 3. The van der Waals surface area contributed by atoms with Gasteiger partial charge in [-0.1, -0.05) is 49.7 Å². The number of nitrogens with two attached hydrogens (primary N) is 1. The van der Waals surface area contributed by atoms with Gasteiger partial charge in [0, 0.05) is 44.0 Å². The molecule has 3 amide bonds. The van der Waals surface area contributed by atoms with Crippen molar-refractivity contribution in [3.8, 4) is 0 Å². The van der Waals surface area contributed by atoms with Crippen LogP contribution in [-0.4, -0.2) is 62.1 Å². The van der Waals surface area contributed by atoms with Gasteiger partial charge in [0.2, 0.25) is 10.0 Å². The second kappa shape index (κ2) is 16.0. The molecule has 1 saturated heterocycles. The van der Waals surface area contributed by atoms with Gasteiger partial charge in [-0.3, -0.25) is 14.4 Å². The van der Waals surface area contributed by atoms with E-state index in [1.54, 1.807) is 17.0 Å². The minimum absolute atomic E-state index is 0. The van der Waals surface area contributed by atoms with E-state index in [4.69, 9.17) is 5.73 Å². The zero-order valence-corrected chi connectivity index (χ0v) is 27.0. The summed E-state index contributed by atoms with van der Waals surface area (Å²) in [5, 5.41) is 2.52. The Morgan fingerprint density at radius 2 is 1.53 bits per heavy atom. The normalized spacial score (nSPS) is 14.0. The molecule has 0 aliphatic carbocycles. The predicted octanol–water partition coefficient (Wildman–Crippen LogP) is 5.75. The van der Waals surface area contributed by atoms with E-state index in [1.807, 2.05) is 19.1 Å². The number of nitrogens with zero attached hydrogens (tertiary/aromatic N) is 2. The molecule has 0 unspecified atom stereocenters. The van der Waals surface area contributed by atoms with Crippen molar-refractivity contribution >= 4 is 45.7 Å². The lowest BCUT2D eigenvalue weighted by Crippen LogP contribution is -2.49. The number of piperidine rings is 1. The molecule has 1 heterocycles. The Morgan fingerprint density at radius 3 is 2.09 bits per heavy atom. The maximum absolute atomic E-state index is 14.4. The molecular weight excluding hydrogens is 624 g/mol. The van der Waals surface area contributed by atoms with Crippen molar-refractivity contribution < 1.29 is 26.8 Å². The van der Waals surface area contributed by atoms with E-state index in [0.29, 0.717) is 18.3 Å². The summed E-state index contributed by atoms with van der Waals surface area (Å²) >= 11 is 0. The zero-order chi connectivity index (χ0) is 31.9. The van der Waals surface area contributed by atoms with Gasteiger partial charge < -0.3 is 16.0 Å². The highest BCUT2D eigenvalue weighted by atomic mass is 35.5. The minimum Gasteiger partial charge on any atom is -0.366 e. The fourth-order valence-electron chi connectivity index (χ4n) is 5.35. The molecule has 0 saturated carbocycles. The zero-order valence-electron chi connectivity index (χ0n) is 25.4. The number of benzene rings is 3. The maximum atomic E-state index is 14.4. The molecule has 4 rings (SSSR count). The molecule has 13 heteroatoms. The lowest BCUT2D eigenvalue weighted by atomic mass is 10.0. The van der Waals surface area contributed by atoms with E-state index in [1.165, 1.54) is 5.56 Å². The summed E-state index contributed by atoms with van der Waals surface area (Å²) in [4.78, 5) is 28.8. The first-order chi connectivity index (χ1) is 20.9. The Balaban J connectivity index is 0.00000552. The van der Waals surface area contributed by atoms with Crippen LogP contribution in [0.1, 0.15) is 59.7 Å². The van der Waals surface area contributed by atoms with Gasteiger partial charge in [-0.15, -0.1) is 12.4 Å². The lowest BCUT2D eigenvalue weighted by Gasteiger charge is -2.38. The van der Waals surface area contributed by atoms with E-state index in [-0.39, 0.29) is 24.1 Å². The van der Waals surface area contributed by atoms with Crippen molar-refractivity contribution in [1.82, 2.24) is 9.80 Å². The number of urea groups is 1. The van der Waals surface area contributed by atoms with E-state index in [0.717, 1.165) is 75.2 Å². The minimum atomic E-state index is -3.31. The van der Waals surface area contributed by atoms with Gasteiger partial charge in [-0.25, -0.2) is 22.0 Å². The number of halogens is 3. The van der Waals surface area contributed by atoms with Crippen LogP contribution in [0.3, 0.4) is 0 Å². The van der Waals surface area contributed by atoms with E-state index in [9.17, 15) is 26.8 Å². The first-order valence-corrected chi connectivity index (χ1v) is 16.5. The number of anilines is 2. The molecule has 0 bridgehead atoms. The SMILES string of the molecule is CCCCN(C(=O)Nc1cc(C(N)=O)c(F)cc1F)C1CCN(Cc2ccc(Cc3ccc(NS(C)(=O)=O)cc3)cc2)CC1.Cl. The standard InChI is InChI=1S/C32H39F2N5O4S.ClH/c1-3-4-15-39(32(41)36-30-19-27(31(35)40)28(33)20-29(30)34)26-13-16-38(17-14-26)21-24-7-5-22(6-8-24)18-23-9-11-25(12-10-23)37-44(2,42)43;/h5-12,19-20,26,37H,3-4,13-18,21H2,1-2H3,(H2,35,40)(H,36,41);1H. The van der Waals surface area contributed by atoms with Crippen molar-refractivity contribution in [3.05, 3.63) is 94.6 Å². The molecule has 1 fully saturated rings. The highest BCUT2D eigenvalue weighted by molar-refractivity contribution is 7.92. The summed E-state index contributed by atoms with van der Waals surface area (Å²) in [6, 6.07) is 16.7. The van der Waals surface area contributed by atoms with Crippen molar-refractivity contribution in [3.63, 3.8) is 0 Å². The van der Waals surface area contributed by atoms with Crippen molar-refractivity contribution in [2.75, 3.05) is 35.9 Å². The Morgan fingerprint density at radius 1 is 0.956 bits per heavy atom. The van der Waals surface area contributed by atoms with Crippen LogP contribution >= 0.6 is 12.4 Å². The number of rotatable bonds is 12. The Kier molecular flexibility index (Phi) is 12.7. The summed E-state index contributed by atoms with van der Waals surface area (Å²) in [5.74, 6) is -3.09. The van der Waals surface area contributed by atoms with Gasteiger partial charge in [0.15, 0.2) is 0 Å². The van der Waals surface area contributed by atoms with Gasteiger partial charge in [0.25, 0.3) is 5.91 Å². The van der Waals surface area contributed by atoms with Crippen LogP contribution in [0.5, 0.6) is 0 Å². The number of likely N-dealkylation sites (tertiary alicyclic amines) is 1. The number of sulfonamides is 1. The van der Waals surface area contributed by atoms with Crippen LogP contribution in [0, 0.1) is 11.6 Å². The van der Waals surface area contributed by atoms with Crippen molar-refractivity contribution in [2.24, 2.45) is 5.73 Å². The van der Waals surface area contributed by atoms with Crippen molar-refractivity contribution in [2.45, 2.75) is 51.6 Å². The molecule has 1 aliphatic heterocycles. The summed E-state index contributed by atoms with van der Waals surface area (Å²) in [6.07, 6.45) is 5.00. The molecule has 0 spiro atoms. The summed E-state index contributed by atoms with van der Waals surface area (Å²) < 4.78 is 53.6. The van der Waals surface area contributed by atoms with Gasteiger partial charge in [0.1, 0.15) is 11.6 Å². The summed E-state index contributed by atoms with van der Waals surface area (Å²) in [5.41, 5.74) is 8.35. The third-order valence-electron chi connectivity index (χ3n) is 7.67. The fraction of sp³-hybridized carbons (Fsp3) is 0.375. The summed E-state index contributed by atoms with van der Waals surface area (Å²) in [6.45, 7) is 4.87. The van der Waals surface area contributed by atoms with Crippen LogP contribution in [0.25, 0.3) is 0 Å². The number of unbranched alkanes of at least 4 members (excludes halogenated alkanes) is 1. The molecule has 0 atom stereocenters. The number of amides is 3. The average Bonchev–Trinajstić information content (AvgIpc) is 2.96. The number of carbonyl (C=O) groups is 2. The quantitative estimate of drug-likeness (QED) is 0.228. The monoisotopic (exact) mass is 663 g/mol. The summed E-state index contributed by atoms with van der Waals surface area (Å²) in [7, 11) is -3.31. The lowest BCUT2D eigenvalue weighted by molar-refractivity contribution is 0.0996. The Hall–Kier alpha value is -3.74. The molecule has 0 radical (unpaired) electrons. The largest absolute Gasteiger partial charge is 0.366 e. The smallest absolute Gasteiger partial charge is 0.322 e. The Bertz CT molecular complexity index is 1570. The maximum Gasteiger partial charge on any atom is 0.322 e. The molecule has 4 N–H and O–H groups in total. The van der Waals surface area contributed by atoms with Gasteiger partial charge in [-0.2, -0.15) is 0 Å². The van der Waals surface area contributed by atoms with Crippen LogP contribution in [-0.2, 0) is 23.0 Å². The van der Waals surface area contributed by atoms with E-state index < -0.39 is 39.2 Å². The van der Waals surface area contributed by atoms with Crippen LogP contribution in [0.15, 0.2) is 60.7 Å². The van der Waals surface area contributed by atoms with Gasteiger partial charge >= 0.3 is 6.03 Å². The van der Waals surface area contributed by atoms with Gasteiger partial charge in [-0.05, 0) is 60.6 Å². The highest BCUT2D eigenvalue weighted by Gasteiger charge is 2.28. The third-order valence-corrected chi connectivity index (χ3v) is 8.28. The third kappa shape index (κ3) is 10.4. The topological polar surface area (TPSA) is 125 Å². The van der Waals surface area contributed by atoms with Crippen LogP contribution in [0.4, 0.5) is 25.0 Å². The molecule has 244 valence electrons. The number of nitrogens with one attached hydrogen (secondary N) is 2. The van der Waals surface area contributed by atoms with E-state index >= 15 is 0 Å². The number of primary amides is 1. The number of carbonyl (C=O) groups excluding carboxylic acids is 2. The molecule has 1 aliphatic rings. The Labute approximate surface area is 269 Å². The number of hydrogen-bond acceptors (Lipinski definition) is 5. The second-order valence-electron chi connectivity index (χ2n) is 11.2. The average molecular weight is 664 g/mol. The second-order valence-corrected chi connectivity index (χ2v) is 13.0. The molecule has 45 heavy (non-hydrogen) atoms. The van der Waals surface area contributed by atoms with Crippen LogP contribution < -0.4 is 15.8 Å². The highest BCUT2D eigenvalue weighted by Crippen LogP contribution is 2.24. The van der Waals surface area contributed by atoms with Crippen LogP contribution in [0.2, 0.25) is 0 Å². The molecular formula is C32H40ClF2N5O4S. The molecule has 0 aromatic heterocycles. The fourth-order valence-corrected chi connectivity index (χ4v) is 5.91. The van der Waals surface area contributed by atoms with Crippen molar-refractivity contribution in [1.29, 1.82) is 0 Å². The molecule has 3 aromatic rings. The predicted molar refractivity (Wildman–Crippen MR) is 175 cm³/mol. The van der Waals surface area contributed by atoms with Gasteiger partial charge in [0.05, 0.1) is 17.5 Å². The first kappa shape index (κ1) is 35.7. The molecule has 3 aromatic carbocycles. The first-order valence-electron chi connectivity index (χ1n) is 14.6. The molecule has 9 nitrogen and oxygen atoms in total. The van der Waals surface area contributed by atoms with E-state index in [2.05, 4.69) is 39.2 Å².